The Kier molecular flexibility index (Phi) is 3.62. The SMILES string of the molecule is Cc1ccc(F)c(C(=O)N(C)C2CCS(=O)(=O)C2)c1. The highest BCUT2D eigenvalue weighted by Crippen LogP contribution is 2.20. The highest BCUT2D eigenvalue weighted by molar-refractivity contribution is 7.91. The van der Waals surface area contributed by atoms with E-state index in [9.17, 15) is 17.6 Å². The van der Waals surface area contributed by atoms with Crippen LogP contribution >= 0.6 is 0 Å². The van der Waals surface area contributed by atoms with Gasteiger partial charge in [-0.3, -0.25) is 4.79 Å². The lowest BCUT2D eigenvalue weighted by molar-refractivity contribution is 0.0743. The second-order valence-corrected chi connectivity index (χ2v) is 7.18. The zero-order valence-corrected chi connectivity index (χ0v) is 11.7. The van der Waals surface area contributed by atoms with Gasteiger partial charge in [0.05, 0.1) is 17.1 Å². The van der Waals surface area contributed by atoms with E-state index in [-0.39, 0.29) is 23.1 Å². The number of aryl methyl sites for hydroxylation is 1. The van der Waals surface area contributed by atoms with Gasteiger partial charge in [0.25, 0.3) is 5.91 Å². The van der Waals surface area contributed by atoms with E-state index in [2.05, 4.69) is 0 Å². The summed E-state index contributed by atoms with van der Waals surface area (Å²) in [6, 6.07) is 3.96. The number of benzene rings is 1. The molecule has 0 aliphatic carbocycles. The van der Waals surface area contributed by atoms with Crippen LogP contribution < -0.4 is 0 Å². The summed E-state index contributed by atoms with van der Waals surface area (Å²) in [6.45, 7) is 1.77. The van der Waals surface area contributed by atoms with Crippen LogP contribution in [0.5, 0.6) is 0 Å². The Hall–Kier alpha value is -1.43. The fraction of sp³-hybridized carbons (Fsp3) is 0.462. The molecule has 1 saturated heterocycles. The van der Waals surface area contributed by atoms with Gasteiger partial charge in [-0.15, -0.1) is 0 Å². The number of halogens is 1. The van der Waals surface area contributed by atoms with Gasteiger partial charge in [0.2, 0.25) is 0 Å². The molecule has 19 heavy (non-hydrogen) atoms. The monoisotopic (exact) mass is 285 g/mol. The van der Waals surface area contributed by atoms with Crippen LogP contribution in [0.4, 0.5) is 4.39 Å². The smallest absolute Gasteiger partial charge is 0.256 e. The molecule has 104 valence electrons. The quantitative estimate of drug-likeness (QED) is 0.825. The molecule has 0 saturated carbocycles. The summed E-state index contributed by atoms with van der Waals surface area (Å²) in [5.74, 6) is -1.000. The van der Waals surface area contributed by atoms with Gasteiger partial charge in [-0.2, -0.15) is 0 Å². The first-order chi connectivity index (χ1) is 8.80. The van der Waals surface area contributed by atoms with E-state index in [1.165, 1.54) is 24.1 Å². The number of amides is 1. The topological polar surface area (TPSA) is 54.5 Å². The summed E-state index contributed by atoms with van der Waals surface area (Å²) in [7, 11) is -1.54. The number of hydrogen-bond donors (Lipinski definition) is 0. The first-order valence-corrected chi connectivity index (χ1v) is 7.86. The Labute approximate surface area is 112 Å². The van der Waals surface area contributed by atoms with Crippen molar-refractivity contribution in [3.63, 3.8) is 0 Å². The number of nitrogens with zero attached hydrogens (tertiary/aromatic N) is 1. The standard InChI is InChI=1S/C13H16FNO3S/c1-9-3-4-12(14)11(7-9)13(16)15(2)10-5-6-19(17,18)8-10/h3-4,7,10H,5-6,8H2,1-2H3. The molecule has 1 aromatic carbocycles. The maximum atomic E-state index is 13.7. The number of hydrogen-bond acceptors (Lipinski definition) is 3. The average Bonchev–Trinajstić information content (AvgIpc) is 2.71. The van der Waals surface area contributed by atoms with Crippen molar-refractivity contribution in [1.29, 1.82) is 0 Å². The molecule has 1 amide bonds. The minimum absolute atomic E-state index is 0.00759. The number of sulfone groups is 1. The molecule has 1 fully saturated rings. The summed E-state index contributed by atoms with van der Waals surface area (Å²) in [5.41, 5.74) is 0.781. The molecule has 1 aliphatic heterocycles. The van der Waals surface area contributed by atoms with E-state index in [4.69, 9.17) is 0 Å². The van der Waals surface area contributed by atoms with E-state index < -0.39 is 21.6 Å². The van der Waals surface area contributed by atoms with Crippen LogP contribution in [0, 0.1) is 12.7 Å². The van der Waals surface area contributed by atoms with Gasteiger partial charge in [-0.1, -0.05) is 11.6 Å². The van der Waals surface area contributed by atoms with E-state index >= 15 is 0 Å². The van der Waals surface area contributed by atoms with Crippen molar-refractivity contribution in [2.24, 2.45) is 0 Å². The lowest BCUT2D eigenvalue weighted by atomic mass is 10.1. The van der Waals surface area contributed by atoms with Gasteiger partial charge in [0, 0.05) is 13.1 Å². The van der Waals surface area contributed by atoms with Gasteiger partial charge in [0.15, 0.2) is 9.84 Å². The fourth-order valence-electron chi connectivity index (χ4n) is 2.24. The number of carbonyl (C=O) groups is 1. The van der Waals surface area contributed by atoms with Crippen LogP contribution in [0.2, 0.25) is 0 Å². The minimum atomic E-state index is -3.06. The third-order valence-electron chi connectivity index (χ3n) is 3.43. The lowest BCUT2D eigenvalue weighted by Gasteiger charge is -2.23. The van der Waals surface area contributed by atoms with Crippen LogP contribution in [0.3, 0.4) is 0 Å². The summed E-state index contributed by atoms with van der Waals surface area (Å²) in [5, 5.41) is 0. The zero-order valence-electron chi connectivity index (χ0n) is 10.9. The average molecular weight is 285 g/mol. The number of rotatable bonds is 2. The normalized spacial score (nSPS) is 21.3. The minimum Gasteiger partial charge on any atom is -0.338 e. The van der Waals surface area contributed by atoms with E-state index in [0.29, 0.717) is 6.42 Å². The molecule has 1 aliphatic rings. The van der Waals surface area contributed by atoms with Crippen molar-refractivity contribution >= 4 is 15.7 Å². The van der Waals surface area contributed by atoms with E-state index in [1.54, 1.807) is 13.0 Å². The Morgan fingerprint density at radius 1 is 1.42 bits per heavy atom. The van der Waals surface area contributed by atoms with Crippen molar-refractivity contribution < 1.29 is 17.6 Å². The third-order valence-corrected chi connectivity index (χ3v) is 5.18. The molecule has 6 heteroatoms. The van der Waals surface area contributed by atoms with Crippen LogP contribution in [-0.2, 0) is 9.84 Å². The first-order valence-electron chi connectivity index (χ1n) is 6.04. The predicted octanol–water partition coefficient (Wildman–Crippen LogP) is 1.39. The maximum absolute atomic E-state index is 13.7. The molecule has 0 N–H and O–H groups in total. The molecule has 2 rings (SSSR count). The summed E-state index contributed by atoms with van der Waals surface area (Å²) < 4.78 is 36.5. The van der Waals surface area contributed by atoms with Gasteiger partial charge in [-0.25, -0.2) is 12.8 Å². The van der Waals surface area contributed by atoms with Crippen molar-refractivity contribution in [2.75, 3.05) is 18.6 Å². The Morgan fingerprint density at radius 3 is 2.68 bits per heavy atom. The maximum Gasteiger partial charge on any atom is 0.256 e. The van der Waals surface area contributed by atoms with E-state index in [1.807, 2.05) is 0 Å². The van der Waals surface area contributed by atoms with Gasteiger partial charge in [-0.05, 0) is 25.5 Å². The highest BCUT2D eigenvalue weighted by atomic mass is 32.2. The molecule has 0 bridgehead atoms. The first kappa shape index (κ1) is 14.0. The third kappa shape index (κ3) is 2.94. The fourth-order valence-corrected chi connectivity index (χ4v) is 4.01. The second kappa shape index (κ2) is 4.92. The van der Waals surface area contributed by atoms with Crippen molar-refractivity contribution in [1.82, 2.24) is 4.90 Å². The molecular formula is C13H16FNO3S. The van der Waals surface area contributed by atoms with Gasteiger partial charge >= 0.3 is 0 Å². The number of carbonyl (C=O) groups excluding carboxylic acids is 1. The lowest BCUT2D eigenvalue weighted by Crippen LogP contribution is -2.38. The van der Waals surface area contributed by atoms with Crippen molar-refractivity contribution in [3.8, 4) is 0 Å². The largest absolute Gasteiger partial charge is 0.338 e. The van der Waals surface area contributed by atoms with Crippen LogP contribution in [0.1, 0.15) is 22.3 Å². The van der Waals surface area contributed by atoms with Crippen LogP contribution in [0.25, 0.3) is 0 Å². The predicted molar refractivity (Wildman–Crippen MR) is 70.3 cm³/mol. The molecule has 1 unspecified atom stereocenters. The molecule has 1 atom stereocenters. The molecular weight excluding hydrogens is 269 g/mol. The Balaban J connectivity index is 2.22. The molecule has 0 aromatic heterocycles. The van der Waals surface area contributed by atoms with Gasteiger partial charge < -0.3 is 4.90 Å². The van der Waals surface area contributed by atoms with Crippen molar-refractivity contribution in [2.45, 2.75) is 19.4 Å². The Bertz CT molecular complexity index is 612. The summed E-state index contributed by atoms with van der Waals surface area (Å²) in [6.07, 6.45) is 0.415. The Morgan fingerprint density at radius 2 is 2.11 bits per heavy atom. The molecule has 0 radical (unpaired) electrons. The molecule has 0 spiro atoms. The highest BCUT2D eigenvalue weighted by Gasteiger charge is 2.33. The van der Waals surface area contributed by atoms with Crippen LogP contribution in [-0.4, -0.2) is 43.8 Å². The summed E-state index contributed by atoms with van der Waals surface area (Å²) >= 11 is 0. The summed E-state index contributed by atoms with van der Waals surface area (Å²) in [4.78, 5) is 13.5. The van der Waals surface area contributed by atoms with Gasteiger partial charge in [0.1, 0.15) is 5.82 Å². The second-order valence-electron chi connectivity index (χ2n) is 4.96. The molecule has 1 heterocycles. The molecule has 4 nitrogen and oxygen atoms in total. The zero-order chi connectivity index (χ0) is 14.2. The van der Waals surface area contributed by atoms with Crippen molar-refractivity contribution in [3.05, 3.63) is 35.1 Å². The van der Waals surface area contributed by atoms with Crippen LogP contribution in [0.15, 0.2) is 18.2 Å². The van der Waals surface area contributed by atoms with E-state index in [0.717, 1.165) is 5.56 Å². The molecule has 1 aromatic rings.